The van der Waals surface area contributed by atoms with Gasteiger partial charge in [0, 0.05) is 32.7 Å². The molecule has 0 amide bonds. The van der Waals surface area contributed by atoms with Crippen LogP contribution in [0.4, 0.5) is 0 Å². The molecule has 0 radical (unpaired) electrons. The molecule has 94 heavy (non-hydrogen) atoms. The molecule has 19 rings (SSSR count). The van der Waals surface area contributed by atoms with Crippen LogP contribution in [-0.2, 0) is 0 Å². The molecule has 0 fully saturated rings. The largest absolute Gasteiger partial charge is 0.456 e. The fourth-order valence-electron chi connectivity index (χ4n) is 14.5. The van der Waals surface area contributed by atoms with Crippen molar-refractivity contribution in [1.29, 1.82) is 0 Å². The fourth-order valence-corrected chi connectivity index (χ4v) is 14.5. The fraction of sp³-hybridized carbons (Fsp3) is 0. The van der Waals surface area contributed by atoms with Crippen LogP contribution in [-0.4, -0.2) is 0 Å². The molecule has 438 valence electrons. The number of hydrogen-bond donors (Lipinski definition) is 0. The van der Waals surface area contributed by atoms with Crippen molar-refractivity contribution in [2.45, 2.75) is 0 Å². The number of benzene rings is 17. The highest BCUT2D eigenvalue weighted by Gasteiger charge is 2.23. The third-order valence-corrected chi connectivity index (χ3v) is 18.5. The van der Waals surface area contributed by atoms with Crippen LogP contribution in [0, 0.1) is 0 Å². The first kappa shape index (κ1) is 45.0. The summed E-state index contributed by atoms with van der Waals surface area (Å²) in [6, 6.07) is 96.4. The molecular formula is C92H58O2. The number of hydrogen-bond acceptors (Lipinski definition) is 2. The van der Waals surface area contributed by atoms with Gasteiger partial charge in [0.25, 0.3) is 0 Å². The van der Waals surface area contributed by atoms with Gasteiger partial charge in [0.1, 0.15) is 22.3 Å². The van der Waals surface area contributed by atoms with E-state index in [1.807, 2.05) is 109 Å². The highest BCUT2D eigenvalue weighted by Crippen LogP contribution is 2.50. The Kier molecular flexibility index (Phi) is 10.9. The van der Waals surface area contributed by atoms with Crippen LogP contribution in [0.1, 0.15) is 13.7 Å². The van der Waals surface area contributed by atoms with E-state index in [-0.39, 0.29) is 59.5 Å². The number of fused-ring (bicyclic) bond motifs is 11. The molecule has 2 aromatic heterocycles. The Labute approximate surface area is 558 Å². The number of rotatable bonds is 8. The average Bonchev–Trinajstić information content (AvgIpc) is 0.939. The molecule has 17 aromatic carbocycles. The molecule has 0 saturated heterocycles. The molecule has 2 heterocycles. The van der Waals surface area contributed by atoms with Gasteiger partial charge in [-0.3, -0.25) is 0 Å². The maximum atomic E-state index is 8.88. The summed E-state index contributed by atoms with van der Waals surface area (Å²) in [5, 5.41) is 13.7. The van der Waals surface area contributed by atoms with E-state index in [1.165, 1.54) is 10.8 Å². The standard InChI is InChI=1S/C48H30O.C44H28O/c1-2-14-33(15-3-1)45-38-18-6-8-20-40(38)46(41-21-9-7-19-39(41)45)34-27-25-32(26-28-34)36-29-30-44-48(42-22-10-11-24-43(42)49-44)47(36)37-23-12-16-31-13-4-5-17-35(31)37;1-3-13-30(14-4-1)41-34-17-7-9-19-36(34)42(37-20-10-8-18-35(37)41)32-25-23-29(24-26-32)33-27-28-40-44(38-21-11-12-22-39(38)45-40)43(33)31-15-5-2-6-16-31/h1-30H;1-28H/i1D,2D,3D,14D,15D;1D,3D,4D,13D,14D. The molecule has 0 unspecified atom stereocenters. The van der Waals surface area contributed by atoms with Crippen molar-refractivity contribution in [3.05, 3.63) is 352 Å². The minimum atomic E-state index is -0.400. The third kappa shape index (κ3) is 9.10. The summed E-state index contributed by atoms with van der Waals surface area (Å²) in [6.45, 7) is 0. The van der Waals surface area contributed by atoms with Crippen molar-refractivity contribution >= 4 is 97.7 Å². The lowest BCUT2D eigenvalue weighted by molar-refractivity contribution is 0.668. The van der Waals surface area contributed by atoms with Gasteiger partial charge < -0.3 is 8.83 Å². The van der Waals surface area contributed by atoms with E-state index in [1.54, 1.807) is 0 Å². The van der Waals surface area contributed by atoms with Gasteiger partial charge in [-0.1, -0.05) is 327 Å². The lowest BCUT2D eigenvalue weighted by Crippen LogP contribution is -1.91. The molecule has 2 nitrogen and oxygen atoms in total. The van der Waals surface area contributed by atoms with Crippen molar-refractivity contribution in [3.63, 3.8) is 0 Å². The molecule has 0 aliphatic rings. The minimum absolute atomic E-state index is 0.207. The lowest BCUT2D eigenvalue weighted by atomic mass is 9.85. The normalized spacial score (nSPS) is 13.1. The molecule has 2 heteroatoms. The highest BCUT2D eigenvalue weighted by atomic mass is 16.3. The molecule has 0 spiro atoms. The van der Waals surface area contributed by atoms with E-state index in [9.17, 15) is 0 Å². The maximum absolute atomic E-state index is 8.88. The van der Waals surface area contributed by atoms with Crippen molar-refractivity contribution in [1.82, 2.24) is 0 Å². The van der Waals surface area contributed by atoms with E-state index in [0.29, 0.717) is 11.1 Å². The van der Waals surface area contributed by atoms with Gasteiger partial charge in [-0.15, -0.1) is 0 Å². The minimum Gasteiger partial charge on any atom is -0.456 e. The van der Waals surface area contributed by atoms with Gasteiger partial charge in [-0.25, -0.2) is 0 Å². The summed E-state index contributed by atoms with van der Waals surface area (Å²) in [5.41, 5.74) is 18.0. The lowest BCUT2D eigenvalue weighted by Gasteiger charge is -2.18. The van der Waals surface area contributed by atoms with Crippen molar-refractivity contribution in [2.75, 3.05) is 0 Å². The molecule has 19 aromatic rings. The molecule has 0 N–H and O–H groups in total. The maximum Gasteiger partial charge on any atom is 0.136 e. The highest BCUT2D eigenvalue weighted by molar-refractivity contribution is 6.24. The summed E-state index contributed by atoms with van der Waals surface area (Å²) in [7, 11) is 0. The van der Waals surface area contributed by atoms with Crippen LogP contribution in [0.3, 0.4) is 0 Å². The third-order valence-electron chi connectivity index (χ3n) is 18.5. The van der Waals surface area contributed by atoms with Crippen molar-refractivity contribution in [2.24, 2.45) is 0 Å². The SMILES string of the molecule is [2H]c1c([2H])c([2H])c(-c2c3ccccc3c(-c3ccc(-c4ccc5oc6ccccc6c5c4-c4cccc5ccccc45)cc3)c3ccccc23)c([2H])c1[2H].[2H]c1c([2H])c([2H])c(-c2c3ccccc3c(-c3ccc(-c4ccc5oc6ccccc6c5c4-c4ccccc4)cc3)c3ccccc23)c([2H])c1[2H]. The second-order valence-corrected chi connectivity index (χ2v) is 23.6. The Morgan fingerprint density at radius 3 is 0.936 bits per heavy atom. The Bertz CT molecular complexity index is 6600. The van der Waals surface area contributed by atoms with Crippen LogP contribution in [0.15, 0.2) is 360 Å². The van der Waals surface area contributed by atoms with Crippen LogP contribution >= 0.6 is 0 Å². The predicted molar refractivity (Wildman–Crippen MR) is 398 cm³/mol. The van der Waals surface area contributed by atoms with Crippen LogP contribution < -0.4 is 0 Å². The quantitative estimate of drug-likeness (QED) is 0.142. The molecule has 0 atom stereocenters. The predicted octanol–water partition coefficient (Wildman–Crippen LogP) is 26.3. The van der Waals surface area contributed by atoms with Gasteiger partial charge in [-0.2, -0.15) is 0 Å². The molecule has 0 aliphatic heterocycles. The zero-order valence-corrected chi connectivity index (χ0v) is 50.5. The Morgan fingerprint density at radius 2 is 0.500 bits per heavy atom. The zero-order chi connectivity index (χ0) is 70.8. The Morgan fingerprint density at radius 1 is 0.181 bits per heavy atom. The van der Waals surface area contributed by atoms with Crippen molar-refractivity contribution in [3.8, 4) is 89.0 Å². The van der Waals surface area contributed by atoms with Gasteiger partial charge in [0.2, 0.25) is 0 Å². The summed E-state index contributed by atoms with van der Waals surface area (Å²) >= 11 is 0. The monoisotopic (exact) mass is 1200 g/mol. The van der Waals surface area contributed by atoms with Crippen molar-refractivity contribution < 1.29 is 22.5 Å². The van der Waals surface area contributed by atoms with E-state index in [4.69, 9.17) is 22.5 Å². The zero-order valence-electron chi connectivity index (χ0n) is 60.5. The number of furan rings is 2. The van der Waals surface area contributed by atoms with E-state index < -0.39 is 12.1 Å². The second-order valence-electron chi connectivity index (χ2n) is 23.6. The van der Waals surface area contributed by atoms with Crippen LogP contribution in [0.25, 0.3) is 187 Å². The molecule has 0 aliphatic carbocycles. The average molecular weight is 1210 g/mol. The molecule has 0 bridgehead atoms. The summed E-state index contributed by atoms with van der Waals surface area (Å²) in [4.78, 5) is 0. The first-order chi connectivity index (χ1) is 50.8. The molecular weight excluding hydrogens is 1140 g/mol. The number of para-hydroxylation sites is 2. The van der Waals surface area contributed by atoms with E-state index in [2.05, 4.69) is 182 Å². The summed E-state index contributed by atoms with van der Waals surface area (Å²) in [6.07, 6.45) is 0. The topological polar surface area (TPSA) is 26.3 Å². The van der Waals surface area contributed by atoms with Gasteiger partial charge in [0.15, 0.2) is 0 Å². The van der Waals surface area contributed by atoms with Gasteiger partial charge in [0.05, 0.1) is 13.7 Å². The second kappa shape index (κ2) is 22.8. The van der Waals surface area contributed by atoms with Gasteiger partial charge in [-0.05, 0) is 156 Å². The van der Waals surface area contributed by atoms with Gasteiger partial charge >= 0.3 is 0 Å². The Balaban J connectivity index is 0.000000149. The smallest absolute Gasteiger partial charge is 0.136 e. The molecule has 0 saturated carbocycles. The van der Waals surface area contributed by atoms with E-state index in [0.717, 1.165) is 154 Å². The van der Waals surface area contributed by atoms with Crippen LogP contribution in [0.2, 0.25) is 0 Å². The van der Waals surface area contributed by atoms with E-state index >= 15 is 0 Å². The summed E-state index contributed by atoms with van der Waals surface area (Å²) in [5.74, 6) is 0. The summed E-state index contributed by atoms with van der Waals surface area (Å²) < 4.78 is 98.2. The first-order valence-corrected chi connectivity index (χ1v) is 31.5. The first-order valence-electron chi connectivity index (χ1n) is 36.5. The van der Waals surface area contributed by atoms with Crippen LogP contribution in [0.5, 0.6) is 0 Å². The Hall–Kier alpha value is -12.4.